The Morgan fingerprint density at radius 1 is 0.824 bits per heavy atom. The number of hydrogen-bond donors (Lipinski definition) is 1. The van der Waals surface area contributed by atoms with Gasteiger partial charge in [-0.15, -0.1) is 0 Å². The van der Waals surface area contributed by atoms with E-state index in [1.54, 1.807) is 24.3 Å². The lowest BCUT2D eigenvalue weighted by molar-refractivity contribution is -0.132. The summed E-state index contributed by atoms with van der Waals surface area (Å²) in [5.41, 5.74) is 2.20. The number of nitrogens with zero attached hydrogens (tertiary/aromatic N) is 1. The molecule has 1 fully saturated rings. The Morgan fingerprint density at radius 2 is 1.53 bits per heavy atom. The smallest absolute Gasteiger partial charge is 0.226 e. The molecule has 2 amide bonds. The highest BCUT2D eigenvalue weighted by atomic mass is 19.1. The number of nitrogens with one attached hydrogen (secondary N) is 1. The van der Waals surface area contributed by atoms with Gasteiger partial charge >= 0.3 is 0 Å². The van der Waals surface area contributed by atoms with Gasteiger partial charge in [-0.05, 0) is 53.8 Å². The highest BCUT2D eigenvalue weighted by Gasteiger charge is 2.39. The topological polar surface area (TPSA) is 49.4 Å². The second-order valence-corrected chi connectivity index (χ2v) is 8.91. The number of carbonyl (C=O) groups is 2. The van der Waals surface area contributed by atoms with E-state index in [1.165, 1.54) is 24.3 Å². The molecule has 3 aromatic rings. The van der Waals surface area contributed by atoms with Gasteiger partial charge in [0.2, 0.25) is 11.8 Å². The Hall–Kier alpha value is -3.54. The first-order valence-corrected chi connectivity index (χ1v) is 11.5. The van der Waals surface area contributed by atoms with E-state index in [-0.39, 0.29) is 41.8 Å². The Morgan fingerprint density at radius 3 is 2.21 bits per heavy atom. The van der Waals surface area contributed by atoms with Crippen molar-refractivity contribution in [3.63, 3.8) is 0 Å². The van der Waals surface area contributed by atoms with Gasteiger partial charge in [-0.3, -0.25) is 9.59 Å². The van der Waals surface area contributed by atoms with Crippen LogP contribution in [0.1, 0.15) is 36.0 Å². The van der Waals surface area contributed by atoms with Crippen molar-refractivity contribution < 1.29 is 18.4 Å². The molecule has 0 saturated carbocycles. The van der Waals surface area contributed by atoms with Crippen molar-refractivity contribution in [2.45, 2.75) is 37.6 Å². The first-order chi connectivity index (χ1) is 16.4. The van der Waals surface area contributed by atoms with Gasteiger partial charge < -0.3 is 10.2 Å². The molecular formula is C28H28F2N2O2. The van der Waals surface area contributed by atoms with Gasteiger partial charge in [0, 0.05) is 31.5 Å². The second kappa shape index (κ2) is 10.6. The fourth-order valence-corrected chi connectivity index (χ4v) is 4.65. The van der Waals surface area contributed by atoms with Crippen LogP contribution in [0.3, 0.4) is 0 Å². The monoisotopic (exact) mass is 462 g/mol. The molecule has 0 spiro atoms. The first kappa shape index (κ1) is 23.6. The molecule has 0 atom stereocenters. The third-order valence-corrected chi connectivity index (χ3v) is 6.61. The Bertz CT molecular complexity index is 1120. The van der Waals surface area contributed by atoms with Crippen LogP contribution in [0.2, 0.25) is 0 Å². The van der Waals surface area contributed by atoms with Crippen LogP contribution in [0.5, 0.6) is 0 Å². The van der Waals surface area contributed by atoms with Crippen LogP contribution in [0.15, 0.2) is 78.9 Å². The van der Waals surface area contributed by atoms with E-state index in [2.05, 4.69) is 5.32 Å². The van der Waals surface area contributed by atoms with Crippen molar-refractivity contribution in [3.8, 4) is 0 Å². The SMILES string of the molecule is O=C(CC1(c2ccccc2)CCN(C(=O)Cc2ccc(F)cc2)CC1)NCc1cccc(F)c1. The number of halogens is 2. The normalized spacial score (nSPS) is 15.1. The summed E-state index contributed by atoms with van der Waals surface area (Å²) in [7, 11) is 0. The lowest BCUT2D eigenvalue weighted by Gasteiger charge is -2.42. The van der Waals surface area contributed by atoms with Crippen LogP contribution in [0, 0.1) is 11.6 Å². The molecule has 6 heteroatoms. The van der Waals surface area contributed by atoms with Gasteiger partial charge in [-0.1, -0.05) is 54.6 Å². The van der Waals surface area contributed by atoms with Gasteiger partial charge in [0.15, 0.2) is 0 Å². The van der Waals surface area contributed by atoms with Gasteiger partial charge in [0.05, 0.1) is 6.42 Å². The lowest BCUT2D eigenvalue weighted by Crippen LogP contribution is -2.47. The van der Waals surface area contributed by atoms with Gasteiger partial charge in [-0.2, -0.15) is 0 Å². The molecule has 1 aliphatic rings. The summed E-state index contributed by atoms with van der Waals surface area (Å²) in [6.45, 7) is 1.36. The molecule has 0 unspecified atom stereocenters. The van der Waals surface area contributed by atoms with Crippen LogP contribution in [-0.2, 0) is 28.0 Å². The predicted octanol–water partition coefficient (Wildman–Crippen LogP) is 4.77. The van der Waals surface area contributed by atoms with Gasteiger partial charge in [0.1, 0.15) is 11.6 Å². The lowest BCUT2D eigenvalue weighted by atomic mass is 9.70. The maximum Gasteiger partial charge on any atom is 0.226 e. The van der Waals surface area contributed by atoms with Crippen molar-refractivity contribution in [2.75, 3.05) is 13.1 Å². The minimum absolute atomic E-state index is 0.00354. The molecule has 0 bridgehead atoms. The summed E-state index contributed by atoms with van der Waals surface area (Å²) in [6.07, 6.45) is 1.86. The molecule has 1 aliphatic heterocycles. The Balaban J connectivity index is 1.41. The molecule has 1 saturated heterocycles. The van der Waals surface area contributed by atoms with Crippen molar-refractivity contribution in [1.82, 2.24) is 10.2 Å². The number of benzene rings is 3. The summed E-state index contributed by atoms with van der Waals surface area (Å²) in [5.74, 6) is -0.745. The van der Waals surface area contributed by atoms with Crippen LogP contribution < -0.4 is 5.32 Å². The van der Waals surface area contributed by atoms with E-state index in [0.717, 1.165) is 11.1 Å². The predicted molar refractivity (Wildman–Crippen MR) is 127 cm³/mol. The largest absolute Gasteiger partial charge is 0.352 e. The molecule has 0 aliphatic carbocycles. The average Bonchev–Trinajstić information content (AvgIpc) is 2.85. The molecule has 4 rings (SSSR count). The van der Waals surface area contributed by atoms with E-state index in [9.17, 15) is 18.4 Å². The summed E-state index contributed by atoms with van der Waals surface area (Å²) < 4.78 is 26.6. The maximum atomic E-state index is 13.4. The number of piperidine rings is 1. The van der Waals surface area contributed by atoms with E-state index in [4.69, 9.17) is 0 Å². The zero-order valence-corrected chi connectivity index (χ0v) is 19.0. The molecule has 0 radical (unpaired) electrons. The van der Waals surface area contributed by atoms with E-state index in [0.29, 0.717) is 37.9 Å². The van der Waals surface area contributed by atoms with Gasteiger partial charge in [0.25, 0.3) is 0 Å². The molecule has 3 aromatic carbocycles. The number of rotatable bonds is 7. The second-order valence-electron chi connectivity index (χ2n) is 8.91. The minimum Gasteiger partial charge on any atom is -0.352 e. The molecule has 4 nitrogen and oxygen atoms in total. The van der Waals surface area contributed by atoms with E-state index >= 15 is 0 Å². The van der Waals surface area contributed by atoms with Crippen molar-refractivity contribution in [1.29, 1.82) is 0 Å². The Kier molecular flexibility index (Phi) is 7.36. The number of amides is 2. The third kappa shape index (κ3) is 5.87. The van der Waals surface area contributed by atoms with Crippen LogP contribution >= 0.6 is 0 Å². The molecule has 1 heterocycles. The van der Waals surface area contributed by atoms with E-state index < -0.39 is 0 Å². The average molecular weight is 463 g/mol. The number of hydrogen-bond acceptors (Lipinski definition) is 2. The molecule has 176 valence electrons. The highest BCUT2D eigenvalue weighted by Crippen LogP contribution is 2.39. The quantitative estimate of drug-likeness (QED) is 0.550. The molecule has 0 aromatic heterocycles. The molecular weight excluding hydrogens is 434 g/mol. The maximum absolute atomic E-state index is 13.4. The number of carbonyl (C=O) groups excluding carboxylic acids is 2. The number of likely N-dealkylation sites (tertiary alicyclic amines) is 1. The molecule has 34 heavy (non-hydrogen) atoms. The standard InChI is InChI=1S/C28H28F2N2O2/c29-24-11-9-21(10-12-24)18-27(34)32-15-13-28(14-16-32,23-6-2-1-3-7-23)19-26(33)31-20-22-5-4-8-25(30)17-22/h1-12,17H,13-16,18-20H2,(H,31,33). The van der Waals surface area contributed by atoms with Crippen molar-refractivity contribution in [2.24, 2.45) is 0 Å². The summed E-state index contributed by atoms with van der Waals surface area (Å²) in [4.78, 5) is 27.6. The van der Waals surface area contributed by atoms with Crippen LogP contribution in [0.25, 0.3) is 0 Å². The van der Waals surface area contributed by atoms with E-state index in [1.807, 2.05) is 35.2 Å². The fraction of sp³-hybridized carbons (Fsp3) is 0.286. The summed E-state index contributed by atoms with van der Waals surface area (Å²) in [5, 5.41) is 2.92. The minimum atomic E-state index is -0.375. The molecule has 1 N–H and O–H groups in total. The summed E-state index contributed by atoms with van der Waals surface area (Å²) in [6, 6.07) is 22.1. The Labute approximate surface area is 198 Å². The zero-order chi connectivity index (χ0) is 24.0. The highest BCUT2D eigenvalue weighted by molar-refractivity contribution is 5.80. The first-order valence-electron chi connectivity index (χ1n) is 11.5. The van der Waals surface area contributed by atoms with Crippen LogP contribution in [0.4, 0.5) is 8.78 Å². The zero-order valence-electron chi connectivity index (χ0n) is 19.0. The van der Waals surface area contributed by atoms with Crippen molar-refractivity contribution in [3.05, 3.63) is 107 Å². The van der Waals surface area contributed by atoms with Crippen molar-refractivity contribution >= 4 is 11.8 Å². The fourth-order valence-electron chi connectivity index (χ4n) is 4.65. The van der Waals surface area contributed by atoms with Crippen LogP contribution in [-0.4, -0.2) is 29.8 Å². The third-order valence-electron chi connectivity index (χ3n) is 6.61. The van der Waals surface area contributed by atoms with Gasteiger partial charge in [-0.25, -0.2) is 8.78 Å². The summed E-state index contributed by atoms with van der Waals surface area (Å²) >= 11 is 0.